The molecule has 3 nitrogen and oxygen atoms in total. The molecular weight excluding hydrogens is 279 g/mol. The smallest absolute Gasteiger partial charge is 0.219 e. The number of nitriles is 1. The van der Waals surface area contributed by atoms with Crippen molar-refractivity contribution in [1.29, 1.82) is 5.26 Å². The second kappa shape index (κ2) is 4.92. The van der Waals surface area contributed by atoms with Crippen LogP contribution in [-0.4, -0.2) is 4.37 Å². The van der Waals surface area contributed by atoms with Crippen molar-refractivity contribution in [2.45, 2.75) is 6.92 Å². The minimum absolute atomic E-state index is 0.149. The summed E-state index contributed by atoms with van der Waals surface area (Å²) in [4.78, 5) is 0. The summed E-state index contributed by atoms with van der Waals surface area (Å²) < 4.78 is 9.40. The average Bonchev–Trinajstić information content (AvgIpc) is 2.64. The highest BCUT2D eigenvalue weighted by Gasteiger charge is 2.15. The first-order valence-corrected chi connectivity index (χ1v) is 6.14. The zero-order chi connectivity index (χ0) is 12.4. The van der Waals surface area contributed by atoms with Gasteiger partial charge in [-0.3, -0.25) is 0 Å². The molecule has 6 heteroatoms. The maximum absolute atomic E-state index is 8.91. The Hall–Kier alpha value is -1.28. The van der Waals surface area contributed by atoms with E-state index in [1.807, 2.05) is 19.1 Å². The highest BCUT2D eigenvalue weighted by atomic mass is 35.5. The topological polar surface area (TPSA) is 45.9 Å². The molecule has 0 unspecified atom stereocenters. The third-order valence-electron chi connectivity index (χ3n) is 2.02. The number of halogens is 2. The van der Waals surface area contributed by atoms with E-state index in [0.717, 1.165) is 17.1 Å². The fourth-order valence-electron chi connectivity index (χ4n) is 1.21. The molecule has 0 N–H and O–H groups in total. The van der Waals surface area contributed by atoms with Crippen LogP contribution in [-0.2, 0) is 0 Å². The van der Waals surface area contributed by atoms with Crippen LogP contribution in [0.4, 0.5) is 0 Å². The molecule has 0 bridgehead atoms. The monoisotopic (exact) mass is 284 g/mol. The standard InChI is InChI=1S/C11H6Cl2N2OS/c1-6-2-3-8(12)9(4-6)16-11-7(5-14)10(13)15-17-11/h2-4H,1H3. The SMILES string of the molecule is Cc1ccc(Cl)c(Oc2snc(Cl)c2C#N)c1. The molecule has 0 saturated carbocycles. The molecule has 1 aromatic carbocycles. The van der Waals surface area contributed by atoms with E-state index >= 15 is 0 Å². The summed E-state index contributed by atoms with van der Waals surface area (Å²) in [5, 5.41) is 9.89. The fourth-order valence-corrected chi connectivity index (χ4v) is 2.27. The van der Waals surface area contributed by atoms with Gasteiger partial charge in [0.15, 0.2) is 5.15 Å². The Bertz CT molecular complexity index is 604. The summed E-state index contributed by atoms with van der Waals surface area (Å²) in [5.74, 6) is 0.489. The number of ether oxygens (including phenoxy) is 1. The van der Waals surface area contributed by atoms with Crippen LogP contribution in [0.5, 0.6) is 10.8 Å². The maximum Gasteiger partial charge on any atom is 0.219 e. The molecule has 1 heterocycles. The predicted molar refractivity (Wildman–Crippen MR) is 68.1 cm³/mol. The van der Waals surface area contributed by atoms with Crippen molar-refractivity contribution in [1.82, 2.24) is 4.37 Å². The van der Waals surface area contributed by atoms with Gasteiger partial charge in [0, 0.05) is 11.5 Å². The predicted octanol–water partition coefficient (Wildman–Crippen LogP) is 4.42. The second-order valence-electron chi connectivity index (χ2n) is 3.28. The van der Waals surface area contributed by atoms with Gasteiger partial charge in [-0.15, -0.1) is 0 Å². The first-order valence-electron chi connectivity index (χ1n) is 4.61. The van der Waals surface area contributed by atoms with Crippen molar-refractivity contribution in [2.24, 2.45) is 0 Å². The summed E-state index contributed by atoms with van der Waals surface area (Å²) in [6.07, 6.45) is 0. The van der Waals surface area contributed by atoms with Gasteiger partial charge in [-0.05, 0) is 24.6 Å². The lowest BCUT2D eigenvalue weighted by molar-refractivity contribution is 0.495. The lowest BCUT2D eigenvalue weighted by Crippen LogP contribution is -1.86. The highest BCUT2D eigenvalue weighted by Crippen LogP contribution is 2.36. The molecule has 0 aliphatic carbocycles. The minimum Gasteiger partial charge on any atom is -0.442 e. The van der Waals surface area contributed by atoms with Gasteiger partial charge < -0.3 is 4.74 Å². The van der Waals surface area contributed by atoms with Gasteiger partial charge in [0.25, 0.3) is 0 Å². The molecule has 0 spiro atoms. The third kappa shape index (κ3) is 2.52. The quantitative estimate of drug-likeness (QED) is 0.820. The molecular formula is C11H6Cl2N2OS. The molecule has 0 atom stereocenters. The summed E-state index contributed by atoms with van der Waals surface area (Å²) in [5.41, 5.74) is 1.24. The van der Waals surface area contributed by atoms with Crippen molar-refractivity contribution in [2.75, 3.05) is 0 Å². The molecule has 0 fully saturated rings. The molecule has 2 aromatic rings. The molecule has 0 saturated heterocycles. The normalized spacial score (nSPS) is 10.0. The number of aromatic nitrogens is 1. The molecule has 0 amide bonds. The number of nitrogens with zero attached hydrogens (tertiary/aromatic N) is 2. The molecule has 17 heavy (non-hydrogen) atoms. The average molecular weight is 285 g/mol. The number of aryl methyl sites for hydroxylation is 1. The Morgan fingerprint density at radius 3 is 2.88 bits per heavy atom. The van der Waals surface area contributed by atoms with Crippen molar-refractivity contribution in [3.8, 4) is 16.9 Å². The van der Waals surface area contributed by atoms with Crippen LogP contribution in [0.2, 0.25) is 10.2 Å². The van der Waals surface area contributed by atoms with E-state index in [0.29, 0.717) is 15.8 Å². The maximum atomic E-state index is 8.91. The highest BCUT2D eigenvalue weighted by molar-refractivity contribution is 7.08. The summed E-state index contributed by atoms with van der Waals surface area (Å²) in [7, 11) is 0. The lowest BCUT2D eigenvalue weighted by Gasteiger charge is -2.05. The molecule has 1 aromatic heterocycles. The molecule has 86 valence electrons. The Morgan fingerprint density at radius 1 is 1.41 bits per heavy atom. The van der Waals surface area contributed by atoms with Crippen molar-refractivity contribution in [3.63, 3.8) is 0 Å². The Labute approximate surface area is 112 Å². The van der Waals surface area contributed by atoms with Gasteiger partial charge in [-0.25, -0.2) is 0 Å². The summed E-state index contributed by atoms with van der Waals surface area (Å²) in [6.45, 7) is 1.92. The van der Waals surface area contributed by atoms with Crippen LogP contribution in [0.25, 0.3) is 0 Å². The van der Waals surface area contributed by atoms with Crippen molar-refractivity contribution in [3.05, 3.63) is 39.5 Å². The minimum atomic E-state index is 0.149. The number of hydrogen-bond acceptors (Lipinski definition) is 4. The largest absolute Gasteiger partial charge is 0.442 e. The van der Waals surface area contributed by atoms with Crippen LogP contribution < -0.4 is 4.74 Å². The summed E-state index contributed by atoms with van der Waals surface area (Å²) >= 11 is 12.8. The van der Waals surface area contributed by atoms with Crippen LogP contribution in [0, 0.1) is 18.3 Å². The van der Waals surface area contributed by atoms with Crippen LogP contribution in [0.3, 0.4) is 0 Å². The first-order chi connectivity index (χ1) is 8.11. The molecule has 2 rings (SSSR count). The zero-order valence-electron chi connectivity index (χ0n) is 8.70. The second-order valence-corrected chi connectivity index (χ2v) is 4.78. The van der Waals surface area contributed by atoms with Gasteiger partial charge >= 0.3 is 0 Å². The van der Waals surface area contributed by atoms with E-state index in [9.17, 15) is 0 Å². The lowest BCUT2D eigenvalue weighted by atomic mass is 10.2. The van der Waals surface area contributed by atoms with Crippen LogP contribution in [0.15, 0.2) is 18.2 Å². The molecule has 0 aliphatic rings. The number of hydrogen-bond donors (Lipinski definition) is 0. The molecule has 0 radical (unpaired) electrons. The van der Waals surface area contributed by atoms with Gasteiger partial charge in [-0.2, -0.15) is 9.64 Å². The van der Waals surface area contributed by atoms with E-state index < -0.39 is 0 Å². The number of rotatable bonds is 2. The van der Waals surface area contributed by atoms with Crippen molar-refractivity contribution < 1.29 is 4.74 Å². The molecule has 0 aliphatic heterocycles. The van der Waals surface area contributed by atoms with Crippen molar-refractivity contribution >= 4 is 34.7 Å². The first kappa shape index (κ1) is 12.2. The Morgan fingerprint density at radius 2 is 2.18 bits per heavy atom. The Kier molecular flexibility index (Phi) is 3.53. The van der Waals surface area contributed by atoms with Crippen LogP contribution >= 0.6 is 34.7 Å². The van der Waals surface area contributed by atoms with Gasteiger partial charge in [0.2, 0.25) is 5.06 Å². The van der Waals surface area contributed by atoms with Gasteiger partial charge in [0.1, 0.15) is 17.4 Å². The number of benzene rings is 1. The summed E-state index contributed by atoms with van der Waals surface area (Å²) in [6, 6.07) is 7.35. The Balaban J connectivity index is 2.38. The van der Waals surface area contributed by atoms with E-state index in [1.54, 1.807) is 12.1 Å². The zero-order valence-corrected chi connectivity index (χ0v) is 11.0. The van der Waals surface area contributed by atoms with Gasteiger partial charge in [-0.1, -0.05) is 29.3 Å². The van der Waals surface area contributed by atoms with Gasteiger partial charge in [0.05, 0.1) is 5.02 Å². The van der Waals surface area contributed by atoms with Crippen LogP contribution in [0.1, 0.15) is 11.1 Å². The van der Waals surface area contributed by atoms with E-state index in [4.69, 9.17) is 33.2 Å². The third-order valence-corrected chi connectivity index (χ3v) is 3.43. The van der Waals surface area contributed by atoms with E-state index in [2.05, 4.69) is 4.37 Å². The fraction of sp³-hybridized carbons (Fsp3) is 0.0909. The van der Waals surface area contributed by atoms with E-state index in [-0.39, 0.29) is 10.7 Å². The van der Waals surface area contributed by atoms with E-state index in [1.165, 1.54) is 0 Å².